The molecule has 0 saturated heterocycles. The zero-order valence-corrected chi connectivity index (χ0v) is 28.4. The van der Waals surface area contributed by atoms with Crippen LogP contribution in [0.15, 0.2) is 179 Å². The minimum atomic E-state index is 0.499. The number of nitrogens with zero attached hydrogens (tertiary/aromatic N) is 2. The molecule has 0 spiro atoms. The third-order valence-corrected chi connectivity index (χ3v) is 10.6. The fourth-order valence-electron chi connectivity index (χ4n) is 8.12. The molecule has 0 aliphatic heterocycles. The first-order valence-electron chi connectivity index (χ1n) is 17.7. The lowest BCUT2D eigenvalue weighted by molar-refractivity contribution is 0.665. The number of para-hydroxylation sites is 2. The van der Waals surface area contributed by atoms with Gasteiger partial charge in [-0.15, -0.1) is 0 Å². The number of nitriles is 1. The molecule has 11 aromatic rings. The number of furan rings is 2. The summed E-state index contributed by atoms with van der Waals surface area (Å²) in [5, 5.41) is 16.8. The third kappa shape index (κ3) is 4.48. The zero-order valence-electron chi connectivity index (χ0n) is 28.4. The van der Waals surface area contributed by atoms with Crippen LogP contribution in [-0.2, 0) is 0 Å². The van der Waals surface area contributed by atoms with Gasteiger partial charge in [0, 0.05) is 32.3 Å². The number of benzene rings is 8. The summed E-state index contributed by atoms with van der Waals surface area (Å²) in [5.41, 5.74) is 13.3. The van der Waals surface area contributed by atoms with Crippen LogP contribution in [0.25, 0.3) is 105 Å². The molecule has 246 valence electrons. The Morgan fingerprint density at radius 2 is 0.943 bits per heavy atom. The molecule has 3 aromatic heterocycles. The van der Waals surface area contributed by atoms with Crippen LogP contribution in [0.1, 0.15) is 5.56 Å². The van der Waals surface area contributed by atoms with E-state index in [1.807, 2.05) is 30.3 Å². The minimum absolute atomic E-state index is 0.499. The van der Waals surface area contributed by atoms with Crippen LogP contribution in [-0.4, -0.2) is 4.57 Å². The molecule has 3 heterocycles. The Morgan fingerprint density at radius 3 is 1.64 bits per heavy atom. The van der Waals surface area contributed by atoms with Gasteiger partial charge in [0.1, 0.15) is 17.2 Å². The molecular formula is C49H28N2O2. The SMILES string of the molecule is N#Cc1cc(-c2ccc3oc4ccccc4c3c2)cc2c1oc1c(-n3c4ccc(-c5ccccc5)cc4c4cc(-c5ccccc5)ccc43)cccc12. The fourth-order valence-corrected chi connectivity index (χ4v) is 8.12. The summed E-state index contributed by atoms with van der Waals surface area (Å²) in [5.74, 6) is 0. The highest BCUT2D eigenvalue weighted by Crippen LogP contribution is 2.42. The van der Waals surface area contributed by atoms with Crippen molar-refractivity contribution in [3.05, 3.63) is 175 Å². The molecule has 0 radical (unpaired) electrons. The average molecular weight is 677 g/mol. The van der Waals surface area contributed by atoms with Gasteiger partial charge in [-0.3, -0.25) is 0 Å². The van der Waals surface area contributed by atoms with Gasteiger partial charge in [-0.25, -0.2) is 0 Å². The van der Waals surface area contributed by atoms with Gasteiger partial charge >= 0.3 is 0 Å². The maximum atomic E-state index is 10.5. The highest BCUT2D eigenvalue weighted by atomic mass is 16.3. The Kier molecular flexibility index (Phi) is 6.28. The summed E-state index contributed by atoms with van der Waals surface area (Å²) in [6.07, 6.45) is 0. The largest absolute Gasteiger partial charge is 0.456 e. The van der Waals surface area contributed by atoms with E-state index in [1.54, 1.807) is 0 Å². The van der Waals surface area contributed by atoms with Gasteiger partial charge in [0.15, 0.2) is 11.2 Å². The van der Waals surface area contributed by atoms with E-state index in [0.717, 1.165) is 88.0 Å². The summed E-state index contributed by atoms with van der Waals surface area (Å²) in [6.45, 7) is 0. The van der Waals surface area contributed by atoms with E-state index in [9.17, 15) is 5.26 Å². The molecule has 53 heavy (non-hydrogen) atoms. The molecule has 0 atom stereocenters. The zero-order chi connectivity index (χ0) is 35.0. The Morgan fingerprint density at radius 1 is 0.377 bits per heavy atom. The van der Waals surface area contributed by atoms with Crippen molar-refractivity contribution >= 4 is 65.7 Å². The second-order valence-electron chi connectivity index (χ2n) is 13.6. The first-order valence-corrected chi connectivity index (χ1v) is 17.7. The molecule has 0 aliphatic carbocycles. The van der Waals surface area contributed by atoms with E-state index >= 15 is 0 Å². The number of aromatic nitrogens is 1. The summed E-state index contributed by atoms with van der Waals surface area (Å²) < 4.78 is 15.2. The van der Waals surface area contributed by atoms with Crippen molar-refractivity contribution in [1.29, 1.82) is 5.26 Å². The number of rotatable bonds is 4. The van der Waals surface area contributed by atoms with Crippen LogP contribution >= 0.6 is 0 Å². The quantitative estimate of drug-likeness (QED) is 0.186. The maximum Gasteiger partial charge on any atom is 0.159 e. The topological polar surface area (TPSA) is 55.0 Å². The molecule has 4 heteroatoms. The molecule has 4 nitrogen and oxygen atoms in total. The van der Waals surface area contributed by atoms with Crippen LogP contribution in [0.4, 0.5) is 0 Å². The van der Waals surface area contributed by atoms with Gasteiger partial charge in [-0.2, -0.15) is 5.26 Å². The van der Waals surface area contributed by atoms with Crippen molar-refractivity contribution in [2.24, 2.45) is 0 Å². The second-order valence-corrected chi connectivity index (χ2v) is 13.6. The molecule has 0 bridgehead atoms. The van der Waals surface area contributed by atoms with E-state index in [2.05, 4.69) is 150 Å². The van der Waals surface area contributed by atoms with Crippen LogP contribution in [0.2, 0.25) is 0 Å². The molecule has 0 amide bonds. The van der Waals surface area contributed by atoms with Gasteiger partial charge in [0.25, 0.3) is 0 Å². The van der Waals surface area contributed by atoms with Gasteiger partial charge in [-0.1, -0.05) is 109 Å². The predicted molar refractivity (Wildman–Crippen MR) is 216 cm³/mol. The summed E-state index contributed by atoms with van der Waals surface area (Å²) in [7, 11) is 0. The molecule has 11 rings (SSSR count). The highest BCUT2D eigenvalue weighted by molar-refractivity contribution is 6.15. The molecule has 0 saturated carbocycles. The van der Waals surface area contributed by atoms with Crippen molar-refractivity contribution in [1.82, 2.24) is 4.57 Å². The van der Waals surface area contributed by atoms with E-state index in [0.29, 0.717) is 11.1 Å². The lowest BCUT2D eigenvalue weighted by atomic mass is 9.98. The Hall–Kier alpha value is -7.35. The number of hydrogen-bond acceptors (Lipinski definition) is 3. The molecular weight excluding hydrogens is 649 g/mol. The Bertz CT molecular complexity index is 3190. The monoisotopic (exact) mass is 676 g/mol. The molecule has 0 unspecified atom stereocenters. The first kappa shape index (κ1) is 29.4. The minimum Gasteiger partial charge on any atom is -0.456 e. The molecule has 0 aliphatic rings. The summed E-state index contributed by atoms with van der Waals surface area (Å²) in [4.78, 5) is 0. The van der Waals surface area contributed by atoms with Crippen molar-refractivity contribution in [3.8, 4) is 45.1 Å². The standard InChI is InChI=1S/C49H28N2O2/c50-29-36-24-35(34-20-23-47-41(27-34)37-14-7-8-17-46(37)52-47)28-42-38-15-9-16-45(49(38)53-48(36)42)51-43-21-18-32(30-10-3-1-4-11-30)25-39(43)40-26-33(19-22-44(40)51)31-12-5-2-6-13-31/h1-28H. The first-order chi connectivity index (χ1) is 26.2. The lowest BCUT2D eigenvalue weighted by Crippen LogP contribution is -1.94. The van der Waals surface area contributed by atoms with Crippen molar-refractivity contribution < 1.29 is 8.83 Å². The molecule has 0 N–H and O–H groups in total. The fraction of sp³-hybridized carbons (Fsp3) is 0. The third-order valence-electron chi connectivity index (χ3n) is 10.6. The maximum absolute atomic E-state index is 10.5. The predicted octanol–water partition coefficient (Wildman–Crippen LogP) is 13.5. The lowest BCUT2D eigenvalue weighted by Gasteiger charge is -2.09. The van der Waals surface area contributed by atoms with Crippen molar-refractivity contribution in [2.75, 3.05) is 0 Å². The highest BCUT2D eigenvalue weighted by Gasteiger charge is 2.21. The normalized spacial score (nSPS) is 11.8. The van der Waals surface area contributed by atoms with Gasteiger partial charge < -0.3 is 13.4 Å². The second kappa shape index (κ2) is 11.3. The van der Waals surface area contributed by atoms with E-state index < -0.39 is 0 Å². The Balaban J connectivity index is 1.15. The Labute approximate surface area is 304 Å². The smallest absolute Gasteiger partial charge is 0.159 e. The molecule has 0 fully saturated rings. The van der Waals surface area contributed by atoms with Crippen LogP contribution in [0.3, 0.4) is 0 Å². The summed E-state index contributed by atoms with van der Waals surface area (Å²) in [6, 6.07) is 61.6. The van der Waals surface area contributed by atoms with Gasteiger partial charge in [0.2, 0.25) is 0 Å². The van der Waals surface area contributed by atoms with Gasteiger partial charge in [0.05, 0.1) is 22.3 Å². The molecule has 8 aromatic carbocycles. The number of hydrogen-bond donors (Lipinski definition) is 0. The van der Waals surface area contributed by atoms with Crippen LogP contribution < -0.4 is 0 Å². The van der Waals surface area contributed by atoms with Crippen molar-refractivity contribution in [2.45, 2.75) is 0 Å². The number of fused-ring (bicyclic) bond motifs is 9. The van der Waals surface area contributed by atoms with E-state index in [-0.39, 0.29) is 0 Å². The average Bonchev–Trinajstić information content (AvgIpc) is 3.90. The van der Waals surface area contributed by atoms with Gasteiger partial charge in [-0.05, 0) is 94.0 Å². The van der Waals surface area contributed by atoms with Crippen LogP contribution in [0, 0.1) is 11.3 Å². The summed E-state index contributed by atoms with van der Waals surface area (Å²) >= 11 is 0. The van der Waals surface area contributed by atoms with E-state index in [1.165, 1.54) is 11.1 Å². The van der Waals surface area contributed by atoms with Crippen LogP contribution in [0.5, 0.6) is 0 Å². The van der Waals surface area contributed by atoms with Crippen molar-refractivity contribution in [3.63, 3.8) is 0 Å². The van der Waals surface area contributed by atoms with E-state index in [4.69, 9.17) is 8.83 Å².